The predicted molar refractivity (Wildman–Crippen MR) is 95.8 cm³/mol. The Morgan fingerprint density at radius 1 is 1.21 bits per heavy atom. The lowest BCUT2D eigenvalue weighted by Gasteiger charge is -2.25. The van der Waals surface area contributed by atoms with Gasteiger partial charge in [0.2, 0.25) is 10.0 Å². The van der Waals surface area contributed by atoms with Gasteiger partial charge in [-0.2, -0.15) is 16.1 Å². The largest absolute Gasteiger partial charge is 0.356 e. The smallest absolute Gasteiger partial charge is 0.270 e. The fraction of sp³-hybridized carbons (Fsp3) is 0.688. The molecule has 24 heavy (non-hydrogen) atoms. The lowest BCUT2D eigenvalue weighted by Crippen LogP contribution is -2.37. The number of rotatable bonds is 3. The molecule has 0 saturated carbocycles. The monoisotopic (exact) mass is 371 g/mol. The van der Waals surface area contributed by atoms with Gasteiger partial charge in [-0.05, 0) is 31.2 Å². The van der Waals surface area contributed by atoms with E-state index in [2.05, 4.69) is 11.9 Å². The molecule has 8 heteroatoms. The summed E-state index contributed by atoms with van der Waals surface area (Å²) in [6, 6.07) is 1.49. The minimum absolute atomic E-state index is 0.0975. The third-order valence-corrected chi connectivity index (χ3v) is 7.62. The van der Waals surface area contributed by atoms with E-state index in [0.29, 0.717) is 24.7 Å². The van der Waals surface area contributed by atoms with E-state index in [1.165, 1.54) is 16.6 Å². The van der Waals surface area contributed by atoms with Gasteiger partial charge in [-0.1, -0.05) is 6.92 Å². The number of hydrogen-bond donors (Lipinski definition) is 1. The van der Waals surface area contributed by atoms with Crippen LogP contribution < -0.4 is 0 Å². The Labute approximate surface area is 148 Å². The number of H-pyrrole nitrogens is 1. The van der Waals surface area contributed by atoms with Crippen molar-refractivity contribution >= 4 is 27.7 Å². The van der Waals surface area contributed by atoms with Crippen LogP contribution in [0.4, 0.5) is 0 Å². The Morgan fingerprint density at radius 3 is 2.71 bits per heavy atom. The van der Waals surface area contributed by atoms with Gasteiger partial charge in [-0.15, -0.1) is 0 Å². The van der Waals surface area contributed by atoms with Gasteiger partial charge in [0, 0.05) is 43.9 Å². The maximum Gasteiger partial charge on any atom is 0.270 e. The summed E-state index contributed by atoms with van der Waals surface area (Å²) in [5.74, 6) is 2.18. The highest BCUT2D eigenvalue weighted by atomic mass is 32.2. The lowest BCUT2D eigenvalue weighted by atomic mass is 10.0. The van der Waals surface area contributed by atoms with Crippen LogP contribution in [0.3, 0.4) is 0 Å². The second-order valence-electron chi connectivity index (χ2n) is 6.59. The number of carbonyl (C=O) groups is 1. The fourth-order valence-electron chi connectivity index (χ4n) is 3.22. The number of aromatic amines is 1. The van der Waals surface area contributed by atoms with Crippen LogP contribution in [0.1, 0.15) is 36.7 Å². The van der Waals surface area contributed by atoms with E-state index in [9.17, 15) is 13.2 Å². The van der Waals surface area contributed by atoms with Crippen LogP contribution in [0.5, 0.6) is 0 Å². The average Bonchev–Trinajstić information content (AvgIpc) is 2.99. The van der Waals surface area contributed by atoms with Crippen molar-refractivity contribution in [2.24, 2.45) is 5.92 Å². The molecule has 1 aromatic heterocycles. The maximum absolute atomic E-state index is 12.7. The summed E-state index contributed by atoms with van der Waals surface area (Å²) >= 11 is 1.77. The molecule has 6 nitrogen and oxygen atoms in total. The Balaban J connectivity index is 1.73. The highest BCUT2D eigenvalue weighted by molar-refractivity contribution is 7.99. The fourth-order valence-corrected chi connectivity index (χ4v) is 5.79. The quantitative estimate of drug-likeness (QED) is 0.882. The zero-order valence-electron chi connectivity index (χ0n) is 14.0. The number of hydrogen-bond acceptors (Lipinski definition) is 4. The molecule has 3 rings (SSSR count). The Morgan fingerprint density at radius 2 is 1.96 bits per heavy atom. The second-order valence-corrected chi connectivity index (χ2v) is 9.76. The summed E-state index contributed by atoms with van der Waals surface area (Å²) < 4.78 is 26.8. The van der Waals surface area contributed by atoms with Crippen molar-refractivity contribution in [3.05, 3.63) is 18.0 Å². The van der Waals surface area contributed by atoms with E-state index < -0.39 is 10.0 Å². The molecule has 1 aromatic rings. The first-order valence-electron chi connectivity index (χ1n) is 8.54. The van der Waals surface area contributed by atoms with Gasteiger partial charge in [0.05, 0.1) is 0 Å². The normalized spacial score (nSPS) is 23.9. The molecule has 0 radical (unpaired) electrons. The van der Waals surface area contributed by atoms with E-state index in [0.717, 1.165) is 43.9 Å². The van der Waals surface area contributed by atoms with Crippen molar-refractivity contribution < 1.29 is 13.2 Å². The highest BCUT2D eigenvalue weighted by Gasteiger charge is 2.29. The molecule has 2 aliphatic heterocycles. The average molecular weight is 372 g/mol. The van der Waals surface area contributed by atoms with Crippen molar-refractivity contribution in [2.45, 2.75) is 31.1 Å². The van der Waals surface area contributed by atoms with Gasteiger partial charge in [0.1, 0.15) is 10.6 Å². The van der Waals surface area contributed by atoms with Gasteiger partial charge in [0.15, 0.2) is 0 Å². The molecule has 2 fully saturated rings. The van der Waals surface area contributed by atoms with Crippen LogP contribution in [0.15, 0.2) is 17.2 Å². The molecular formula is C16H25N3O3S2. The molecule has 0 aromatic carbocycles. The van der Waals surface area contributed by atoms with Crippen LogP contribution in [-0.2, 0) is 10.0 Å². The summed E-state index contributed by atoms with van der Waals surface area (Å²) in [6.45, 7) is 4.76. The standard InChI is InChI=1S/C16H25N3O3S2/c1-13-3-2-5-18(6-4-13)16(20)15-11-14(12-17-15)24(21,22)19-7-9-23-10-8-19/h11-13,17H,2-10H2,1H3. The van der Waals surface area contributed by atoms with Crippen LogP contribution in [0, 0.1) is 5.92 Å². The minimum atomic E-state index is -3.50. The Bertz CT molecular complexity index is 680. The van der Waals surface area contributed by atoms with Crippen molar-refractivity contribution in [1.82, 2.24) is 14.2 Å². The Kier molecular flexibility index (Phi) is 5.56. The number of amides is 1. The molecule has 0 bridgehead atoms. The van der Waals surface area contributed by atoms with Gasteiger partial charge < -0.3 is 9.88 Å². The number of likely N-dealkylation sites (tertiary alicyclic amines) is 1. The molecule has 1 atom stereocenters. The minimum Gasteiger partial charge on any atom is -0.356 e. The van der Waals surface area contributed by atoms with Crippen molar-refractivity contribution in [1.29, 1.82) is 0 Å². The molecule has 0 aliphatic carbocycles. The molecule has 1 unspecified atom stereocenters. The molecule has 2 aliphatic rings. The molecule has 134 valence electrons. The van der Waals surface area contributed by atoms with Crippen molar-refractivity contribution in [3.63, 3.8) is 0 Å². The van der Waals surface area contributed by atoms with Crippen LogP contribution in [-0.4, -0.2) is 66.2 Å². The maximum atomic E-state index is 12.7. The zero-order chi connectivity index (χ0) is 17.2. The Hall–Kier alpha value is -0.990. The molecule has 3 heterocycles. The van der Waals surface area contributed by atoms with Gasteiger partial charge >= 0.3 is 0 Å². The third kappa shape index (κ3) is 3.81. The molecular weight excluding hydrogens is 346 g/mol. The first-order valence-corrected chi connectivity index (χ1v) is 11.1. The first kappa shape index (κ1) is 17.8. The molecule has 0 spiro atoms. The number of aromatic nitrogens is 1. The lowest BCUT2D eigenvalue weighted by molar-refractivity contribution is 0.0755. The van der Waals surface area contributed by atoms with E-state index in [-0.39, 0.29) is 10.8 Å². The number of nitrogens with zero attached hydrogens (tertiary/aromatic N) is 2. The topological polar surface area (TPSA) is 73.5 Å². The summed E-state index contributed by atoms with van der Waals surface area (Å²) in [6.07, 6.45) is 4.60. The third-order valence-electron chi connectivity index (χ3n) is 4.80. The highest BCUT2D eigenvalue weighted by Crippen LogP contribution is 2.22. The number of thioether (sulfide) groups is 1. The number of nitrogens with one attached hydrogen (secondary N) is 1. The van der Waals surface area contributed by atoms with E-state index >= 15 is 0 Å². The van der Waals surface area contributed by atoms with E-state index in [1.54, 1.807) is 11.8 Å². The summed E-state index contributed by atoms with van der Waals surface area (Å²) in [4.78, 5) is 17.6. The molecule has 2 saturated heterocycles. The van der Waals surface area contributed by atoms with Crippen LogP contribution in [0.2, 0.25) is 0 Å². The number of carbonyl (C=O) groups excluding carboxylic acids is 1. The molecule has 1 N–H and O–H groups in total. The summed E-state index contributed by atoms with van der Waals surface area (Å²) in [5, 5.41) is 0. The van der Waals surface area contributed by atoms with Gasteiger partial charge in [-0.25, -0.2) is 8.42 Å². The van der Waals surface area contributed by atoms with E-state index in [1.807, 2.05) is 4.90 Å². The predicted octanol–water partition coefficient (Wildman–Crippen LogP) is 2.01. The second kappa shape index (κ2) is 7.49. The zero-order valence-corrected chi connectivity index (χ0v) is 15.7. The van der Waals surface area contributed by atoms with Crippen LogP contribution >= 0.6 is 11.8 Å². The van der Waals surface area contributed by atoms with E-state index in [4.69, 9.17) is 0 Å². The summed E-state index contributed by atoms with van der Waals surface area (Å²) in [7, 11) is -3.50. The van der Waals surface area contributed by atoms with Gasteiger partial charge in [0.25, 0.3) is 5.91 Å². The van der Waals surface area contributed by atoms with Crippen LogP contribution in [0.25, 0.3) is 0 Å². The SMILES string of the molecule is CC1CCCN(C(=O)c2cc(S(=O)(=O)N3CCSCC3)c[nH]2)CC1. The van der Waals surface area contributed by atoms with Crippen molar-refractivity contribution in [3.8, 4) is 0 Å². The van der Waals surface area contributed by atoms with Gasteiger partial charge in [-0.3, -0.25) is 4.79 Å². The molecule has 1 amide bonds. The van der Waals surface area contributed by atoms with Crippen molar-refractivity contribution in [2.75, 3.05) is 37.7 Å². The summed E-state index contributed by atoms with van der Waals surface area (Å²) in [5.41, 5.74) is 0.370. The first-order chi connectivity index (χ1) is 11.5. The number of sulfonamides is 1.